The van der Waals surface area contributed by atoms with E-state index in [9.17, 15) is 9.59 Å². The van der Waals surface area contributed by atoms with Crippen molar-refractivity contribution in [2.75, 3.05) is 32.0 Å². The van der Waals surface area contributed by atoms with Gasteiger partial charge < -0.3 is 19.9 Å². The average Bonchev–Trinajstić information content (AvgIpc) is 3.04. The van der Waals surface area contributed by atoms with Crippen molar-refractivity contribution in [2.24, 2.45) is 5.92 Å². The van der Waals surface area contributed by atoms with Crippen molar-refractivity contribution in [3.05, 3.63) is 59.9 Å². The molecule has 2 aromatic heterocycles. The largest absolute Gasteiger partial charge is 0.352 e. The van der Waals surface area contributed by atoms with E-state index in [1.807, 2.05) is 34.9 Å². The Bertz CT molecular complexity index is 1110. The number of piperidine rings is 1. The molecule has 3 aromatic rings. The average molecular weight is 402 g/mol. The molecule has 1 saturated heterocycles. The number of hydrogen-bond acceptors (Lipinski definition) is 3. The van der Waals surface area contributed by atoms with E-state index in [0.29, 0.717) is 6.54 Å². The van der Waals surface area contributed by atoms with Crippen LogP contribution in [0.5, 0.6) is 0 Å². The smallest absolute Gasteiger partial charge is 0.253 e. The Kier molecular flexibility index (Phi) is 4.79. The van der Waals surface area contributed by atoms with Crippen LogP contribution in [0.3, 0.4) is 0 Å². The third-order valence-corrected chi connectivity index (χ3v) is 6.36. The van der Waals surface area contributed by atoms with Gasteiger partial charge in [0, 0.05) is 36.1 Å². The summed E-state index contributed by atoms with van der Waals surface area (Å²) in [5, 5.41) is 6.06. The maximum Gasteiger partial charge on any atom is 0.253 e. The van der Waals surface area contributed by atoms with Crippen LogP contribution in [0.25, 0.3) is 16.6 Å². The molecule has 2 aliphatic heterocycles. The van der Waals surface area contributed by atoms with Gasteiger partial charge >= 0.3 is 0 Å². The molecule has 1 fully saturated rings. The molecule has 0 bridgehead atoms. The molecule has 6 heteroatoms. The van der Waals surface area contributed by atoms with E-state index in [2.05, 4.69) is 40.9 Å². The Morgan fingerprint density at radius 3 is 2.63 bits per heavy atom. The highest BCUT2D eigenvalue weighted by Gasteiger charge is 2.24. The van der Waals surface area contributed by atoms with Crippen molar-refractivity contribution in [1.82, 2.24) is 14.6 Å². The van der Waals surface area contributed by atoms with Crippen LogP contribution in [-0.2, 0) is 11.2 Å². The SMILES string of the molecule is CN1CCC(C(=O)Nc2ccc(-c3cn4cccc5c4c3CCNC5=O)cc2)CC1. The van der Waals surface area contributed by atoms with Gasteiger partial charge in [0.15, 0.2) is 0 Å². The van der Waals surface area contributed by atoms with Gasteiger partial charge in [-0.25, -0.2) is 0 Å². The van der Waals surface area contributed by atoms with Gasteiger partial charge in [-0.15, -0.1) is 0 Å². The summed E-state index contributed by atoms with van der Waals surface area (Å²) in [5.74, 6) is 0.191. The summed E-state index contributed by atoms with van der Waals surface area (Å²) in [6, 6.07) is 11.8. The summed E-state index contributed by atoms with van der Waals surface area (Å²) in [6.45, 7) is 2.58. The van der Waals surface area contributed by atoms with Crippen molar-refractivity contribution in [1.29, 1.82) is 0 Å². The fourth-order valence-electron chi connectivity index (χ4n) is 4.62. The fraction of sp³-hybridized carbons (Fsp3) is 0.333. The Morgan fingerprint density at radius 1 is 1.10 bits per heavy atom. The lowest BCUT2D eigenvalue weighted by atomic mass is 9.96. The zero-order chi connectivity index (χ0) is 20.7. The molecule has 1 aromatic carbocycles. The summed E-state index contributed by atoms with van der Waals surface area (Å²) in [4.78, 5) is 27.2. The lowest BCUT2D eigenvalue weighted by Crippen LogP contribution is -2.35. The number of hydrogen-bond donors (Lipinski definition) is 2. The maximum absolute atomic E-state index is 12.6. The van der Waals surface area contributed by atoms with Crippen LogP contribution in [-0.4, -0.2) is 47.8 Å². The number of carbonyl (C=O) groups excluding carboxylic acids is 2. The lowest BCUT2D eigenvalue weighted by molar-refractivity contribution is -0.121. The molecular formula is C24H26N4O2. The monoisotopic (exact) mass is 402 g/mol. The highest BCUT2D eigenvalue weighted by Crippen LogP contribution is 2.33. The molecule has 5 rings (SSSR count). The normalized spacial score (nSPS) is 17.6. The number of nitrogens with zero attached hydrogens (tertiary/aromatic N) is 2. The van der Waals surface area contributed by atoms with E-state index in [-0.39, 0.29) is 17.7 Å². The summed E-state index contributed by atoms with van der Waals surface area (Å²) in [7, 11) is 2.10. The zero-order valence-electron chi connectivity index (χ0n) is 17.1. The first kappa shape index (κ1) is 18.9. The second kappa shape index (κ2) is 7.61. The highest BCUT2D eigenvalue weighted by molar-refractivity contribution is 6.03. The Balaban J connectivity index is 1.40. The van der Waals surface area contributed by atoms with Crippen LogP contribution < -0.4 is 10.6 Å². The Morgan fingerprint density at radius 2 is 1.87 bits per heavy atom. The number of likely N-dealkylation sites (tertiary alicyclic amines) is 1. The van der Waals surface area contributed by atoms with Crippen molar-refractivity contribution in [3.8, 4) is 11.1 Å². The molecule has 154 valence electrons. The number of rotatable bonds is 3. The molecular weight excluding hydrogens is 376 g/mol. The number of pyridine rings is 1. The number of aromatic nitrogens is 1. The fourth-order valence-corrected chi connectivity index (χ4v) is 4.62. The molecule has 0 unspecified atom stereocenters. The third-order valence-electron chi connectivity index (χ3n) is 6.36. The molecule has 6 nitrogen and oxygen atoms in total. The predicted octanol–water partition coefficient (Wildman–Crippen LogP) is 3.17. The minimum absolute atomic E-state index is 0.0176. The topological polar surface area (TPSA) is 65.8 Å². The first-order valence-corrected chi connectivity index (χ1v) is 10.6. The molecule has 2 N–H and O–H groups in total. The first-order valence-electron chi connectivity index (χ1n) is 10.6. The summed E-state index contributed by atoms with van der Waals surface area (Å²) in [5.41, 5.74) is 5.95. The van der Waals surface area contributed by atoms with Crippen LogP contribution in [0.15, 0.2) is 48.8 Å². The minimum atomic E-state index is -0.0176. The van der Waals surface area contributed by atoms with Crippen LogP contribution in [0, 0.1) is 5.92 Å². The number of carbonyl (C=O) groups is 2. The first-order chi connectivity index (χ1) is 14.6. The van der Waals surface area contributed by atoms with Gasteiger partial charge in [-0.05, 0) is 74.8 Å². The van der Waals surface area contributed by atoms with Gasteiger partial charge in [0.05, 0.1) is 11.1 Å². The number of benzene rings is 1. The zero-order valence-corrected chi connectivity index (χ0v) is 17.1. The van der Waals surface area contributed by atoms with Crippen LogP contribution in [0.2, 0.25) is 0 Å². The molecule has 0 radical (unpaired) electrons. The summed E-state index contributed by atoms with van der Waals surface area (Å²) >= 11 is 0. The van der Waals surface area contributed by atoms with E-state index in [4.69, 9.17) is 0 Å². The second-order valence-corrected chi connectivity index (χ2v) is 8.35. The van der Waals surface area contributed by atoms with Crippen LogP contribution >= 0.6 is 0 Å². The van der Waals surface area contributed by atoms with Gasteiger partial charge in [-0.1, -0.05) is 12.1 Å². The van der Waals surface area contributed by atoms with E-state index >= 15 is 0 Å². The van der Waals surface area contributed by atoms with Crippen molar-refractivity contribution >= 4 is 23.0 Å². The molecule has 30 heavy (non-hydrogen) atoms. The summed E-state index contributed by atoms with van der Waals surface area (Å²) < 4.78 is 2.04. The number of amides is 2. The van der Waals surface area contributed by atoms with Gasteiger partial charge in [0.25, 0.3) is 5.91 Å². The van der Waals surface area contributed by atoms with Crippen LogP contribution in [0.4, 0.5) is 5.69 Å². The van der Waals surface area contributed by atoms with E-state index < -0.39 is 0 Å². The third kappa shape index (κ3) is 3.37. The van der Waals surface area contributed by atoms with E-state index in [0.717, 1.165) is 60.2 Å². The standard InChI is InChI=1S/C24H26N4O2/c1-27-13-9-17(10-14-27)23(29)26-18-6-4-16(5-7-18)21-15-28-12-2-3-20-22(28)19(21)8-11-25-24(20)30/h2-7,12,15,17H,8-11,13-14H2,1H3,(H,25,30)(H,26,29). The Hall–Kier alpha value is -3.12. The molecule has 0 aliphatic carbocycles. The van der Waals surface area contributed by atoms with Crippen LogP contribution in [0.1, 0.15) is 28.8 Å². The number of nitrogens with one attached hydrogen (secondary N) is 2. The Labute approximate surface area is 175 Å². The molecule has 0 saturated carbocycles. The van der Waals surface area contributed by atoms with Gasteiger partial charge in [0.2, 0.25) is 5.91 Å². The summed E-state index contributed by atoms with van der Waals surface area (Å²) in [6.07, 6.45) is 6.70. The lowest BCUT2D eigenvalue weighted by Gasteiger charge is -2.28. The molecule has 0 atom stereocenters. The van der Waals surface area contributed by atoms with Crippen molar-refractivity contribution < 1.29 is 9.59 Å². The van der Waals surface area contributed by atoms with E-state index in [1.54, 1.807) is 0 Å². The maximum atomic E-state index is 12.6. The highest BCUT2D eigenvalue weighted by atomic mass is 16.2. The van der Waals surface area contributed by atoms with Gasteiger partial charge in [-0.3, -0.25) is 9.59 Å². The molecule has 2 amide bonds. The van der Waals surface area contributed by atoms with Gasteiger partial charge in [0.1, 0.15) is 0 Å². The molecule has 4 heterocycles. The quantitative estimate of drug-likeness (QED) is 0.707. The molecule has 0 spiro atoms. The van der Waals surface area contributed by atoms with Crippen molar-refractivity contribution in [3.63, 3.8) is 0 Å². The minimum Gasteiger partial charge on any atom is -0.352 e. The van der Waals surface area contributed by atoms with Crippen molar-refractivity contribution in [2.45, 2.75) is 19.3 Å². The predicted molar refractivity (Wildman–Crippen MR) is 118 cm³/mol. The van der Waals surface area contributed by atoms with Gasteiger partial charge in [-0.2, -0.15) is 0 Å². The second-order valence-electron chi connectivity index (χ2n) is 8.35. The van der Waals surface area contributed by atoms with E-state index in [1.165, 1.54) is 5.56 Å². The molecule has 2 aliphatic rings. The number of anilines is 1.